The van der Waals surface area contributed by atoms with E-state index < -0.39 is 0 Å². The Kier molecular flexibility index (Phi) is 8.21. The van der Waals surface area contributed by atoms with Gasteiger partial charge >= 0.3 is 0 Å². The predicted octanol–water partition coefficient (Wildman–Crippen LogP) is 5.32. The topological polar surface area (TPSA) is 71.5 Å². The van der Waals surface area contributed by atoms with E-state index in [-0.39, 0.29) is 18.3 Å². The molecule has 1 spiro atoms. The van der Waals surface area contributed by atoms with Crippen LogP contribution in [-0.4, -0.2) is 72.5 Å². The Labute approximate surface area is 232 Å². The Morgan fingerprint density at radius 3 is 2.28 bits per heavy atom. The molecule has 2 saturated carbocycles. The number of nitrogens with zero attached hydrogens (tertiary/aromatic N) is 2. The number of aliphatic hydroxyl groups excluding tert-OH is 1. The number of hydrogen-bond acceptors (Lipinski definition) is 6. The van der Waals surface area contributed by atoms with Crippen molar-refractivity contribution in [1.82, 2.24) is 9.80 Å². The Morgan fingerprint density at radius 1 is 0.923 bits per heavy atom. The summed E-state index contributed by atoms with van der Waals surface area (Å²) in [5, 5.41) is 10.1. The van der Waals surface area contributed by atoms with Crippen molar-refractivity contribution in [3.63, 3.8) is 0 Å². The molecule has 0 radical (unpaired) electrons. The van der Waals surface area contributed by atoms with Crippen LogP contribution < -0.4 is 4.74 Å². The van der Waals surface area contributed by atoms with Crippen molar-refractivity contribution in [1.29, 1.82) is 0 Å². The molecule has 0 unspecified atom stereocenters. The minimum absolute atomic E-state index is 0.0879. The maximum Gasteiger partial charge on any atom is 0.253 e. The van der Waals surface area contributed by atoms with Crippen LogP contribution in [0.2, 0.25) is 0 Å². The Hall–Kier alpha value is -2.45. The number of aliphatic hydroxyl groups is 1. The van der Waals surface area contributed by atoms with Crippen molar-refractivity contribution >= 4 is 5.91 Å². The summed E-state index contributed by atoms with van der Waals surface area (Å²) >= 11 is 0. The lowest BCUT2D eigenvalue weighted by Gasteiger charge is -2.36. The molecule has 2 heterocycles. The van der Waals surface area contributed by atoms with Crippen LogP contribution >= 0.6 is 0 Å². The van der Waals surface area contributed by atoms with Crippen molar-refractivity contribution < 1.29 is 24.1 Å². The summed E-state index contributed by atoms with van der Waals surface area (Å²) in [6.45, 7) is 6.00. The zero-order chi connectivity index (χ0) is 26.7. The van der Waals surface area contributed by atoms with E-state index in [2.05, 4.69) is 17.0 Å². The molecule has 0 bridgehead atoms. The number of carbonyl (C=O) groups is 1. The van der Waals surface area contributed by atoms with Gasteiger partial charge in [-0.3, -0.25) is 9.69 Å². The van der Waals surface area contributed by atoms with Gasteiger partial charge in [-0.2, -0.15) is 0 Å². The minimum Gasteiger partial charge on any atom is -0.457 e. The van der Waals surface area contributed by atoms with E-state index in [1.807, 2.05) is 35.2 Å². The fraction of sp³-hybridized carbons (Fsp3) is 0.594. The highest BCUT2D eigenvalue weighted by atomic mass is 16.7. The fourth-order valence-corrected chi connectivity index (χ4v) is 6.92. The van der Waals surface area contributed by atoms with Crippen LogP contribution in [0, 0.1) is 5.92 Å². The number of piperazine rings is 1. The van der Waals surface area contributed by atoms with E-state index >= 15 is 0 Å². The van der Waals surface area contributed by atoms with Crippen LogP contribution in [0.1, 0.15) is 78.8 Å². The van der Waals surface area contributed by atoms with Crippen molar-refractivity contribution in [2.24, 2.45) is 5.92 Å². The van der Waals surface area contributed by atoms with Gasteiger partial charge in [0.25, 0.3) is 5.91 Å². The molecule has 210 valence electrons. The number of rotatable bonds is 7. The van der Waals surface area contributed by atoms with Gasteiger partial charge < -0.3 is 24.2 Å². The molecule has 4 aliphatic rings. The largest absolute Gasteiger partial charge is 0.457 e. The summed E-state index contributed by atoms with van der Waals surface area (Å²) in [4.78, 5) is 17.6. The molecular weight excluding hydrogens is 492 g/mol. The van der Waals surface area contributed by atoms with Gasteiger partial charge in [0.05, 0.1) is 19.8 Å². The van der Waals surface area contributed by atoms with Crippen molar-refractivity contribution in [3.05, 3.63) is 59.2 Å². The molecule has 1 N–H and O–H groups in total. The molecule has 6 rings (SSSR count). The molecule has 2 aromatic rings. The molecule has 0 aromatic heterocycles. The van der Waals surface area contributed by atoms with Crippen molar-refractivity contribution in [2.45, 2.75) is 69.7 Å². The molecule has 2 aliphatic carbocycles. The smallest absolute Gasteiger partial charge is 0.253 e. The third-order valence-electron chi connectivity index (χ3n) is 9.27. The van der Waals surface area contributed by atoms with Gasteiger partial charge in [0.15, 0.2) is 5.79 Å². The van der Waals surface area contributed by atoms with Gasteiger partial charge in [-0.1, -0.05) is 18.9 Å². The first-order chi connectivity index (χ1) is 19.1. The van der Waals surface area contributed by atoms with Crippen LogP contribution in [0.15, 0.2) is 42.5 Å². The molecule has 0 atom stereocenters. The number of hydrogen-bond donors (Lipinski definition) is 1. The average molecular weight is 535 g/mol. The number of amides is 1. The average Bonchev–Trinajstić information content (AvgIpc) is 3.67. The van der Waals surface area contributed by atoms with Crippen LogP contribution in [0.4, 0.5) is 0 Å². The molecule has 1 amide bonds. The normalized spacial score (nSPS) is 22.5. The first-order valence-corrected chi connectivity index (χ1v) is 14.9. The highest BCUT2D eigenvalue weighted by Crippen LogP contribution is 2.43. The zero-order valence-electron chi connectivity index (χ0n) is 23.0. The van der Waals surface area contributed by atoms with Gasteiger partial charge in [-0.25, -0.2) is 0 Å². The van der Waals surface area contributed by atoms with Crippen molar-refractivity contribution in [3.8, 4) is 11.5 Å². The highest BCUT2D eigenvalue weighted by molar-refractivity contribution is 5.94. The Balaban J connectivity index is 1.03. The number of ether oxygens (including phenoxy) is 3. The summed E-state index contributed by atoms with van der Waals surface area (Å²) in [6, 6.07) is 13.5. The predicted molar refractivity (Wildman–Crippen MR) is 149 cm³/mol. The second-order valence-electron chi connectivity index (χ2n) is 11.8. The molecule has 2 aliphatic heterocycles. The third kappa shape index (κ3) is 6.17. The molecule has 7 nitrogen and oxygen atoms in total. The first-order valence-electron chi connectivity index (χ1n) is 14.9. The number of carbonyl (C=O) groups excluding carboxylic acids is 1. The van der Waals surface area contributed by atoms with Gasteiger partial charge in [0.2, 0.25) is 0 Å². The molecule has 7 heteroatoms. The van der Waals surface area contributed by atoms with Gasteiger partial charge in [0.1, 0.15) is 11.5 Å². The van der Waals surface area contributed by atoms with Gasteiger partial charge in [-0.15, -0.1) is 0 Å². The second-order valence-corrected chi connectivity index (χ2v) is 11.8. The summed E-state index contributed by atoms with van der Waals surface area (Å²) < 4.78 is 17.9. The number of benzene rings is 2. The fourth-order valence-electron chi connectivity index (χ4n) is 6.92. The van der Waals surface area contributed by atoms with E-state index in [1.54, 1.807) is 0 Å². The van der Waals surface area contributed by atoms with E-state index in [0.29, 0.717) is 36.2 Å². The minimum atomic E-state index is -0.365. The SMILES string of the molecule is O=C(c1ccc(Oc2ccc(C3CCC4(CC3)OCCO4)cc2CO)cc1)N1CCN(CC2CCCC2)CC1. The van der Waals surface area contributed by atoms with Gasteiger partial charge in [0, 0.05) is 56.7 Å². The monoisotopic (exact) mass is 534 g/mol. The third-order valence-corrected chi connectivity index (χ3v) is 9.27. The summed E-state index contributed by atoms with van der Waals surface area (Å²) in [5.41, 5.74) is 2.69. The molecule has 4 fully saturated rings. The second kappa shape index (κ2) is 12.0. The van der Waals surface area contributed by atoms with E-state index in [1.165, 1.54) is 37.8 Å². The van der Waals surface area contributed by atoms with Gasteiger partial charge in [-0.05, 0) is 79.5 Å². The maximum absolute atomic E-state index is 13.1. The zero-order valence-corrected chi connectivity index (χ0v) is 23.0. The van der Waals surface area contributed by atoms with Crippen LogP contribution in [-0.2, 0) is 16.1 Å². The first kappa shape index (κ1) is 26.8. The summed E-state index contributed by atoms with van der Waals surface area (Å²) in [7, 11) is 0. The lowest BCUT2D eigenvalue weighted by molar-refractivity contribution is -0.178. The highest BCUT2D eigenvalue weighted by Gasteiger charge is 2.40. The Morgan fingerprint density at radius 2 is 1.62 bits per heavy atom. The van der Waals surface area contributed by atoms with Crippen LogP contribution in [0.5, 0.6) is 11.5 Å². The Bertz CT molecular complexity index is 1110. The van der Waals surface area contributed by atoms with E-state index in [0.717, 1.165) is 63.3 Å². The summed E-state index contributed by atoms with van der Waals surface area (Å²) in [5.74, 6) is 2.31. The van der Waals surface area contributed by atoms with E-state index in [9.17, 15) is 9.90 Å². The quantitative estimate of drug-likeness (QED) is 0.519. The van der Waals surface area contributed by atoms with E-state index in [4.69, 9.17) is 14.2 Å². The molecule has 39 heavy (non-hydrogen) atoms. The van der Waals surface area contributed by atoms with Crippen molar-refractivity contribution in [2.75, 3.05) is 45.9 Å². The standard InChI is InChI=1S/C32H42N2O5/c35-23-28-21-27(25-11-13-32(14-12-25)37-19-20-38-32)7-10-30(28)39-29-8-5-26(6-9-29)31(36)34-17-15-33(16-18-34)22-24-3-1-2-4-24/h5-10,21,24-25,35H,1-4,11-20,22-23H2. The summed E-state index contributed by atoms with van der Waals surface area (Å²) in [6.07, 6.45) is 9.32. The van der Waals surface area contributed by atoms with Crippen LogP contribution in [0.3, 0.4) is 0 Å². The van der Waals surface area contributed by atoms with Crippen LogP contribution in [0.25, 0.3) is 0 Å². The molecular formula is C32H42N2O5. The molecule has 2 aromatic carbocycles. The lowest BCUT2D eigenvalue weighted by atomic mass is 9.80. The maximum atomic E-state index is 13.1. The molecule has 2 saturated heterocycles. The lowest BCUT2D eigenvalue weighted by Crippen LogP contribution is -2.49.